The summed E-state index contributed by atoms with van der Waals surface area (Å²) in [6, 6.07) is 8.27. The van der Waals surface area contributed by atoms with E-state index in [-0.39, 0.29) is 5.41 Å². The van der Waals surface area contributed by atoms with Crippen LogP contribution in [0.15, 0.2) is 36.7 Å². The molecule has 3 rings (SSSR count). The van der Waals surface area contributed by atoms with Gasteiger partial charge in [0, 0.05) is 29.6 Å². The van der Waals surface area contributed by atoms with Crippen LogP contribution in [-0.4, -0.2) is 22.1 Å². The van der Waals surface area contributed by atoms with Gasteiger partial charge in [-0.2, -0.15) is 0 Å². The summed E-state index contributed by atoms with van der Waals surface area (Å²) in [7, 11) is 1.70. The predicted molar refractivity (Wildman–Crippen MR) is 101 cm³/mol. The van der Waals surface area contributed by atoms with Crippen molar-refractivity contribution in [2.24, 2.45) is 0 Å². The molecule has 0 N–H and O–H groups in total. The van der Waals surface area contributed by atoms with E-state index in [9.17, 15) is 0 Å². The van der Waals surface area contributed by atoms with Crippen molar-refractivity contribution in [2.45, 2.75) is 46.0 Å². The molecule has 1 aromatic carbocycles. The number of hydrogen-bond donors (Lipinski definition) is 0. The van der Waals surface area contributed by atoms with Crippen molar-refractivity contribution >= 4 is 10.9 Å². The molecule has 0 aliphatic heterocycles. The molecule has 0 aliphatic rings. The van der Waals surface area contributed by atoms with E-state index in [0.29, 0.717) is 0 Å². The van der Waals surface area contributed by atoms with Crippen LogP contribution < -0.4 is 4.74 Å². The second kappa shape index (κ2) is 6.79. The van der Waals surface area contributed by atoms with Crippen LogP contribution in [0.2, 0.25) is 0 Å². The zero-order valence-corrected chi connectivity index (χ0v) is 15.6. The first kappa shape index (κ1) is 17.3. The minimum absolute atomic E-state index is 0.0641. The Hall–Kier alpha value is -2.49. The van der Waals surface area contributed by atoms with Gasteiger partial charge >= 0.3 is 0 Å². The first-order chi connectivity index (χ1) is 11.9. The summed E-state index contributed by atoms with van der Waals surface area (Å²) in [5, 5.41) is 1.08. The van der Waals surface area contributed by atoms with Gasteiger partial charge in [0.15, 0.2) is 0 Å². The Bertz CT molecular complexity index is 883. The van der Waals surface area contributed by atoms with Crippen LogP contribution in [0.5, 0.6) is 5.75 Å². The number of aromatic nitrogens is 3. The Morgan fingerprint density at radius 3 is 2.36 bits per heavy atom. The summed E-state index contributed by atoms with van der Waals surface area (Å²) < 4.78 is 5.60. The Morgan fingerprint density at radius 1 is 1.00 bits per heavy atom. The summed E-state index contributed by atoms with van der Waals surface area (Å²) in [4.78, 5) is 13.8. The van der Waals surface area contributed by atoms with Gasteiger partial charge < -0.3 is 4.74 Å². The van der Waals surface area contributed by atoms with Crippen LogP contribution in [0, 0.1) is 6.92 Å². The van der Waals surface area contributed by atoms with Gasteiger partial charge in [0.2, 0.25) is 0 Å². The van der Waals surface area contributed by atoms with Gasteiger partial charge in [-0.1, -0.05) is 20.8 Å². The molecular weight excluding hydrogens is 310 g/mol. The molecule has 0 bridgehead atoms. The highest BCUT2D eigenvalue weighted by Crippen LogP contribution is 2.33. The van der Waals surface area contributed by atoms with Crippen LogP contribution in [0.25, 0.3) is 10.9 Å². The van der Waals surface area contributed by atoms with Crippen LogP contribution >= 0.6 is 0 Å². The molecule has 4 nitrogen and oxygen atoms in total. The summed E-state index contributed by atoms with van der Waals surface area (Å²) in [6.07, 6.45) is 5.33. The number of fused-ring (bicyclic) bond motifs is 1. The lowest BCUT2D eigenvalue weighted by Gasteiger charge is -2.22. The van der Waals surface area contributed by atoms with E-state index in [2.05, 4.69) is 38.7 Å². The SMILES string of the molecule is COc1cc(C)cc2c(C(C)(C)C)nc(CCc3ccncc3)nc12. The quantitative estimate of drug-likeness (QED) is 0.708. The van der Waals surface area contributed by atoms with E-state index < -0.39 is 0 Å². The Balaban J connectivity index is 2.09. The molecule has 0 aliphatic carbocycles. The number of ether oxygens (including phenoxy) is 1. The summed E-state index contributed by atoms with van der Waals surface area (Å²) >= 11 is 0. The zero-order chi connectivity index (χ0) is 18.0. The molecule has 0 fully saturated rings. The number of pyridine rings is 1. The summed E-state index contributed by atoms with van der Waals surface area (Å²) in [5.41, 5.74) is 4.31. The normalized spacial score (nSPS) is 11.7. The lowest BCUT2D eigenvalue weighted by Crippen LogP contribution is -2.17. The van der Waals surface area contributed by atoms with E-state index in [0.717, 1.165) is 46.6 Å². The van der Waals surface area contributed by atoms with Crippen molar-refractivity contribution < 1.29 is 4.74 Å². The standard InChI is InChI=1S/C21H25N3O/c1-14-12-16-19(17(13-14)25-5)23-18(24-20(16)21(2,3)4)7-6-15-8-10-22-11-9-15/h8-13H,6-7H2,1-5H3. The van der Waals surface area contributed by atoms with Crippen molar-refractivity contribution in [1.82, 2.24) is 15.0 Å². The smallest absolute Gasteiger partial charge is 0.145 e. The Labute approximate surface area is 149 Å². The monoisotopic (exact) mass is 335 g/mol. The molecule has 0 unspecified atom stereocenters. The number of aryl methyl sites for hydroxylation is 3. The fourth-order valence-corrected chi connectivity index (χ4v) is 3.03. The fraction of sp³-hybridized carbons (Fsp3) is 0.381. The average Bonchev–Trinajstić information content (AvgIpc) is 2.58. The average molecular weight is 335 g/mol. The third-order valence-electron chi connectivity index (χ3n) is 4.27. The van der Waals surface area contributed by atoms with Crippen LogP contribution in [0.3, 0.4) is 0 Å². The maximum absolute atomic E-state index is 5.60. The fourth-order valence-electron chi connectivity index (χ4n) is 3.03. The molecule has 25 heavy (non-hydrogen) atoms. The predicted octanol–water partition coefficient (Wildman–Crippen LogP) is 4.42. The molecule has 0 saturated heterocycles. The van der Waals surface area contributed by atoms with Crippen LogP contribution in [0.1, 0.15) is 43.4 Å². The van der Waals surface area contributed by atoms with E-state index in [1.54, 1.807) is 7.11 Å². The molecule has 0 amide bonds. The lowest BCUT2D eigenvalue weighted by atomic mass is 9.88. The van der Waals surface area contributed by atoms with E-state index in [1.807, 2.05) is 30.6 Å². The van der Waals surface area contributed by atoms with Crippen LogP contribution in [0.4, 0.5) is 0 Å². The number of nitrogens with zero attached hydrogens (tertiary/aromatic N) is 3. The van der Waals surface area contributed by atoms with E-state index in [4.69, 9.17) is 14.7 Å². The van der Waals surface area contributed by atoms with Gasteiger partial charge in [-0.15, -0.1) is 0 Å². The second-order valence-corrected chi connectivity index (χ2v) is 7.46. The van der Waals surface area contributed by atoms with Crippen molar-refractivity contribution in [1.29, 1.82) is 0 Å². The minimum Gasteiger partial charge on any atom is -0.494 e. The maximum Gasteiger partial charge on any atom is 0.145 e. The molecule has 0 saturated carbocycles. The Kier molecular flexibility index (Phi) is 4.71. The van der Waals surface area contributed by atoms with Crippen molar-refractivity contribution in [3.8, 4) is 5.75 Å². The van der Waals surface area contributed by atoms with Gasteiger partial charge in [-0.25, -0.2) is 9.97 Å². The molecule has 0 spiro atoms. The molecule has 130 valence electrons. The molecule has 4 heteroatoms. The first-order valence-corrected chi connectivity index (χ1v) is 8.63. The third kappa shape index (κ3) is 3.78. The molecule has 3 aromatic rings. The van der Waals surface area contributed by atoms with Gasteiger partial charge in [0.05, 0.1) is 12.8 Å². The highest BCUT2D eigenvalue weighted by atomic mass is 16.5. The highest BCUT2D eigenvalue weighted by Gasteiger charge is 2.22. The van der Waals surface area contributed by atoms with Crippen molar-refractivity contribution in [3.63, 3.8) is 0 Å². The lowest BCUT2D eigenvalue weighted by molar-refractivity contribution is 0.418. The van der Waals surface area contributed by atoms with Gasteiger partial charge in [-0.05, 0) is 48.7 Å². The van der Waals surface area contributed by atoms with Crippen LogP contribution in [-0.2, 0) is 18.3 Å². The van der Waals surface area contributed by atoms with Gasteiger partial charge in [-0.3, -0.25) is 4.98 Å². The minimum atomic E-state index is -0.0641. The highest BCUT2D eigenvalue weighted by molar-refractivity contribution is 5.88. The van der Waals surface area contributed by atoms with E-state index in [1.165, 1.54) is 5.56 Å². The number of methoxy groups -OCH3 is 1. The topological polar surface area (TPSA) is 47.9 Å². The Morgan fingerprint density at radius 2 is 1.72 bits per heavy atom. The number of benzene rings is 1. The third-order valence-corrected chi connectivity index (χ3v) is 4.27. The summed E-state index contributed by atoms with van der Waals surface area (Å²) in [5.74, 6) is 1.67. The molecule has 2 heterocycles. The van der Waals surface area contributed by atoms with E-state index >= 15 is 0 Å². The molecule has 0 atom stereocenters. The van der Waals surface area contributed by atoms with Gasteiger partial charge in [0.1, 0.15) is 17.1 Å². The molecule has 2 aromatic heterocycles. The van der Waals surface area contributed by atoms with Crippen molar-refractivity contribution in [3.05, 3.63) is 59.3 Å². The second-order valence-electron chi connectivity index (χ2n) is 7.46. The van der Waals surface area contributed by atoms with Gasteiger partial charge in [0.25, 0.3) is 0 Å². The van der Waals surface area contributed by atoms with Crippen molar-refractivity contribution in [2.75, 3.05) is 7.11 Å². The number of hydrogen-bond acceptors (Lipinski definition) is 4. The zero-order valence-electron chi connectivity index (χ0n) is 15.6. The number of rotatable bonds is 4. The summed E-state index contributed by atoms with van der Waals surface area (Å²) in [6.45, 7) is 8.65. The maximum atomic E-state index is 5.60. The largest absolute Gasteiger partial charge is 0.494 e. The molecule has 0 radical (unpaired) electrons. The first-order valence-electron chi connectivity index (χ1n) is 8.63. The molecular formula is C21H25N3O.